The number of halogens is 3. The molecule has 0 saturated heterocycles. The van der Waals surface area contributed by atoms with E-state index in [1.165, 1.54) is 42.7 Å². The van der Waals surface area contributed by atoms with Crippen LogP contribution in [0.4, 0.5) is 35.2 Å². The summed E-state index contributed by atoms with van der Waals surface area (Å²) in [4.78, 5) is 23.9. The van der Waals surface area contributed by atoms with E-state index in [2.05, 4.69) is 25.6 Å². The molecule has 0 atom stereocenters. The Morgan fingerprint density at radius 2 is 1.62 bits per heavy atom. The van der Waals surface area contributed by atoms with Crippen LogP contribution in [0.15, 0.2) is 73.2 Å². The van der Waals surface area contributed by atoms with Crippen molar-refractivity contribution in [3.63, 3.8) is 0 Å². The lowest BCUT2D eigenvalue weighted by Gasteiger charge is -2.09. The van der Waals surface area contributed by atoms with E-state index in [4.69, 9.17) is 10.5 Å². The summed E-state index contributed by atoms with van der Waals surface area (Å²) in [7, 11) is 0. The molecule has 0 fully saturated rings. The number of pyridine rings is 1. The fourth-order valence-electron chi connectivity index (χ4n) is 2.97. The highest BCUT2D eigenvalue weighted by atomic mass is 19.3. The third-order valence-electron chi connectivity index (χ3n) is 4.54. The number of aromatic nitrogens is 3. The Bertz CT molecular complexity index is 1300. The van der Waals surface area contributed by atoms with E-state index < -0.39 is 18.3 Å². The number of nitrogens with one attached hydrogen (secondary N) is 2. The van der Waals surface area contributed by atoms with E-state index in [-0.39, 0.29) is 28.8 Å². The molecule has 11 heteroatoms. The monoisotopic (exact) mass is 466 g/mol. The van der Waals surface area contributed by atoms with E-state index in [0.717, 1.165) is 6.20 Å². The zero-order chi connectivity index (χ0) is 24.1. The van der Waals surface area contributed by atoms with Gasteiger partial charge < -0.3 is 21.1 Å². The Labute approximate surface area is 191 Å². The van der Waals surface area contributed by atoms with Gasteiger partial charge in [0.15, 0.2) is 0 Å². The molecule has 0 saturated carbocycles. The van der Waals surface area contributed by atoms with Gasteiger partial charge in [0.1, 0.15) is 17.4 Å². The molecule has 0 aliphatic carbocycles. The summed E-state index contributed by atoms with van der Waals surface area (Å²) in [6, 6.07) is 12.7. The van der Waals surface area contributed by atoms with Crippen molar-refractivity contribution < 1.29 is 22.7 Å². The van der Waals surface area contributed by atoms with Gasteiger partial charge in [-0.15, -0.1) is 0 Å². The van der Waals surface area contributed by atoms with Crippen molar-refractivity contribution in [2.45, 2.75) is 6.43 Å². The maximum atomic E-state index is 13.4. The van der Waals surface area contributed by atoms with Gasteiger partial charge in [0, 0.05) is 16.8 Å². The SMILES string of the molecule is Nc1ncc(F)cc1-c1ccc(Oc2ncc(NC(=O)Nc3cccc(C(F)F)c3)cn2)cc1. The third-order valence-corrected chi connectivity index (χ3v) is 4.54. The van der Waals surface area contributed by atoms with E-state index >= 15 is 0 Å². The van der Waals surface area contributed by atoms with Gasteiger partial charge in [-0.25, -0.2) is 32.9 Å². The second-order valence-corrected chi connectivity index (χ2v) is 6.97. The molecule has 4 rings (SSSR count). The summed E-state index contributed by atoms with van der Waals surface area (Å²) in [6.07, 6.45) is 1.05. The maximum absolute atomic E-state index is 13.4. The van der Waals surface area contributed by atoms with Gasteiger partial charge in [-0.3, -0.25) is 0 Å². The predicted molar refractivity (Wildman–Crippen MR) is 120 cm³/mol. The highest BCUT2D eigenvalue weighted by molar-refractivity contribution is 5.99. The fourth-order valence-corrected chi connectivity index (χ4v) is 2.97. The first-order valence-corrected chi connectivity index (χ1v) is 9.85. The van der Waals surface area contributed by atoms with Crippen molar-refractivity contribution in [2.24, 2.45) is 0 Å². The minimum atomic E-state index is -2.64. The van der Waals surface area contributed by atoms with Crippen LogP contribution in [0.3, 0.4) is 0 Å². The lowest BCUT2D eigenvalue weighted by Crippen LogP contribution is -2.19. The van der Waals surface area contributed by atoms with Gasteiger partial charge in [-0.1, -0.05) is 24.3 Å². The summed E-state index contributed by atoms with van der Waals surface area (Å²) in [5.41, 5.74) is 7.19. The zero-order valence-electron chi connectivity index (χ0n) is 17.4. The second-order valence-electron chi connectivity index (χ2n) is 6.97. The zero-order valence-corrected chi connectivity index (χ0v) is 17.4. The van der Waals surface area contributed by atoms with Gasteiger partial charge >= 0.3 is 12.0 Å². The molecule has 0 aliphatic rings. The highest BCUT2D eigenvalue weighted by Crippen LogP contribution is 2.28. The van der Waals surface area contributed by atoms with Crippen molar-refractivity contribution in [1.82, 2.24) is 15.0 Å². The minimum Gasteiger partial charge on any atom is -0.424 e. The number of nitrogens with two attached hydrogens (primary N) is 1. The van der Waals surface area contributed by atoms with E-state index in [1.807, 2.05) is 0 Å². The van der Waals surface area contributed by atoms with Crippen LogP contribution in [-0.2, 0) is 0 Å². The number of ether oxygens (including phenoxy) is 1. The Hall–Kier alpha value is -4.67. The molecule has 4 N–H and O–H groups in total. The Morgan fingerprint density at radius 3 is 2.32 bits per heavy atom. The molecule has 2 heterocycles. The van der Waals surface area contributed by atoms with E-state index in [0.29, 0.717) is 16.9 Å². The maximum Gasteiger partial charge on any atom is 0.323 e. The number of alkyl halides is 2. The summed E-state index contributed by atoms with van der Waals surface area (Å²) < 4.78 is 44.6. The molecular weight excluding hydrogens is 449 g/mol. The molecule has 0 radical (unpaired) electrons. The van der Waals surface area contributed by atoms with E-state index in [9.17, 15) is 18.0 Å². The number of hydrogen-bond donors (Lipinski definition) is 3. The molecule has 34 heavy (non-hydrogen) atoms. The van der Waals surface area contributed by atoms with Gasteiger partial charge in [0.2, 0.25) is 0 Å². The molecule has 0 bridgehead atoms. The van der Waals surface area contributed by atoms with Crippen molar-refractivity contribution in [3.05, 3.63) is 84.6 Å². The molecule has 8 nitrogen and oxygen atoms in total. The molecule has 2 amide bonds. The first kappa shape index (κ1) is 22.5. The fraction of sp³-hybridized carbons (Fsp3) is 0.0435. The topological polar surface area (TPSA) is 115 Å². The normalized spacial score (nSPS) is 10.7. The third kappa shape index (κ3) is 5.57. The molecule has 4 aromatic rings. The van der Waals surface area contributed by atoms with Gasteiger partial charge in [0.05, 0.1) is 24.3 Å². The molecule has 0 unspecified atom stereocenters. The Morgan fingerprint density at radius 1 is 0.912 bits per heavy atom. The average Bonchev–Trinajstić information content (AvgIpc) is 2.82. The van der Waals surface area contributed by atoms with Crippen molar-refractivity contribution in [1.29, 1.82) is 0 Å². The van der Waals surface area contributed by atoms with E-state index in [1.54, 1.807) is 24.3 Å². The molecule has 2 aromatic carbocycles. The lowest BCUT2D eigenvalue weighted by molar-refractivity contribution is 0.151. The van der Waals surface area contributed by atoms with Crippen molar-refractivity contribution in [3.8, 4) is 22.9 Å². The second kappa shape index (κ2) is 9.86. The number of carbonyl (C=O) groups is 1. The first-order chi connectivity index (χ1) is 16.4. The number of rotatable bonds is 6. The Balaban J connectivity index is 1.36. The lowest BCUT2D eigenvalue weighted by atomic mass is 10.1. The van der Waals surface area contributed by atoms with Crippen molar-refractivity contribution >= 4 is 23.2 Å². The number of anilines is 3. The van der Waals surface area contributed by atoms with Crippen molar-refractivity contribution in [2.75, 3.05) is 16.4 Å². The quantitative estimate of drug-likeness (QED) is 0.339. The number of urea groups is 1. The molecule has 0 aliphatic heterocycles. The largest absolute Gasteiger partial charge is 0.424 e. The van der Waals surface area contributed by atoms with Gasteiger partial charge in [-0.2, -0.15) is 0 Å². The number of carbonyl (C=O) groups excluding carboxylic acids is 1. The summed E-state index contributed by atoms with van der Waals surface area (Å²) >= 11 is 0. The minimum absolute atomic E-state index is 0.0234. The van der Waals surface area contributed by atoms with Crippen LogP contribution in [0.2, 0.25) is 0 Å². The standard InChI is InChI=1S/C23H17F3N6O2/c24-15-9-19(21(27)28-10-15)13-4-6-18(7-5-13)34-23-29-11-17(12-30-23)32-22(33)31-16-3-1-2-14(8-16)20(25)26/h1-12,20H,(H2,27,28)(H2,31,32,33). The number of hydrogen-bond acceptors (Lipinski definition) is 6. The molecular formula is C23H17F3N6O2. The van der Waals surface area contributed by atoms with Crippen LogP contribution in [0.1, 0.15) is 12.0 Å². The van der Waals surface area contributed by atoms with Gasteiger partial charge in [-0.05, 0) is 35.9 Å². The summed E-state index contributed by atoms with van der Waals surface area (Å²) in [6.45, 7) is 0. The molecule has 0 spiro atoms. The van der Waals surface area contributed by atoms with Crippen LogP contribution in [-0.4, -0.2) is 21.0 Å². The smallest absolute Gasteiger partial charge is 0.323 e. The number of nitrogens with zero attached hydrogens (tertiary/aromatic N) is 3. The van der Waals surface area contributed by atoms with Crippen LogP contribution in [0.25, 0.3) is 11.1 Å². The molecule has 172 valence electrons. The average molecular weight is 466 g/mol. The number of amides is 2. The summed E-state index contributed by atoms with van der Waals surface area (Å²) in [5, 5.41) is 4.96. The Kier molecular flexibility index (Phi) is 6.53. The number of benzene rings is 2. The van der Waals surface area contributed by atoms with Gasteiger partial charge in [0.25, 0.3) is 6.43 Å². The van der Waals surface area contributed by atoms with Crippen LogP contribution in [0.5, 0.6) is 11.8 Å². The van der Waals surface area contributed by atoms with Crippen LogP contribution < -0.4 is 21.1 Å². The van der Waals surface area contributed by atoms with Crippen LogP contribution >= 0.6 is 0 Å². The van der Waals surface area contributed by atoms with Crippen LogP contribution in [0, 0.1) is 5.82 Å². The summed E-state index contributed by atoms with van der Waals surface area (Å²) in [5.74, 6) is 0.123. The first-order valence-electron chi connectivity index (χ1n) is 9.85. The highest BCUT2D eigenvalue weighted by Gasteiger charge is 2.10. The molecule has 2 aromatic heterocycles. The predicted octanol–water partition coefficient (Wildman–Crippen LogP) is 5.63. The number of nitrogen functional groups attached to an aromatic ring is 1.